The first-order valence-corrected chi connectivity index (χ1v) is 9.58. The molecule has 0 aromatic heterocycles. The summed E-state index contributed by atoms with van der Waals surface area (Å²) in [4.78, 5) is 37.3. The number of nitro groups is 1. The number of carbonyl (C=O) groups excluding carboxylic acids is 2. The Hall–Kier alpha value is -3.66. The number of ether oxygens (including phenoxy) is 4. The largest absolute Gasteiger partial charge is 0.495 e. The number of hydrogen-bond donors (Lipinski definition) is 0. The molecule has 0 aliphatic carbocycles. The first kappa shape index (κ1) is 20.6. The molecule has 10 heteroatoms. The number of non-ortho nitro benzene ring substituents is 1. The third kappa shape index (κ3) is 4.15. The van der Waals surface area contributed by atoms with Gasteiger partial charge >= 0.3 is 5.97 Å². The van der Waals surface area contributed by atoms with Crippen LogP contribution in [0.4, 0.5) is 11.4 Å². The molecule has 162 valence electrons. The molecule has 0 N–H and O–H groups in total. The van der Waals surface area contributed by atoms with Crippen molar-refractivity contribution in [2.75, 3.05) is 25.3 Å². The first-order chi connectivity index (χ1) is 15.0. The molecule has 1 saturated heterocycles. The Morgan fingerprint density at radius 3 is 2.90 bits per heavy atom. The Morgan fingerprint density at radius 2 is 2.13 bits per heavy atom. The Labute approximate surface area is 177 Å². The number of nitro benzene ring substituents is 1. The third-order valence-electron chi connectivity index (χ3n) is 5.19. The maximum Gasteiger partial charge on any atom is 0.311 e. The molecule has 0 spiro atoms. The van der Waals surface area contributed by atoms with Crippen LogP contribution in [0.15, 0.2) is 36.4 Å². The van der Waals surface area contributed by atoms with Crippen LogP contribution in [0, 0.1) is 16.0 Å². The van der Waals surface area contributed by atoms with Gasteiger partial charge in [-0.3, -0.25) is 19.7 Å². The molecule has 1 amide bonds. The normalized spacial score (nSPS) is 17.6. The second-order valence-electron chi connectivity index (χ2n) is 7.15. The summed E-state index contributed by atoms with van der Waals surface area (Å²) in [6, 6.07) is 9.76. The quantitative estimate of drug-likeness (QED) is 0.391. The van der Waals surface area contributed by atoms with Gasteiger partial charge in [-0.15, -0.1) is 0 Å². The zero-order valence-corrected chi connectivity index (χ0v) is 16.7. The van der Waals surface area contributed by atoms with Crippen LogP contribution in [0.25, 0.3) is 0 Å². The van der Waals surface area contributed by atoms with E-state index in [1.807, 2.05) is 0 Å². The summed E-state index contributed by atoms with van der Waals surface area (Å²) >= 11 is 0. The standard InChI is InChI=1S/C21H20N2O8/c1-28-18-5-3-2-4-17(18)22-9-13(8-19(22)24)21(25)30-11-15-7-16(23(26)27)6-14-10-29-12-31-20(14)15/h2-7,13H,8-12H2,1H3/t13-/m0/s1. The van der Waals surface area contributed by atoms with E-state index in [0.29, 0.717) is 28.3 Å². The molecule has 2 heterocycles. The average Bonchev–Trinajstić information content (AvgIpc) is 3.18. The van der Waals surface area contributed by atoms with Crippen LogP contribution < -0.4 is 14.4 Å². The number of rotatable bonds is 6. The second kappa shape index (κ2) is 8.60. The Balaban J connectivity index is 1.47. The molecule has 0 bridgehead atoms. The van der Waals surface area contributed by atoms with Gasteiger partial charge in [-0.05, 0) is 12.1 Å². The predicted octanol–water partition coefficient (Wildman–Crippen LogP) is 2.57. The fourth-order valence-corrected chi connectivity index (χ4v) is 3.71. The molecule has 10 nitrogen and oxygen atoms in total. The zero-order chi connectivity index (χ0) is 22.0. The summed E-state index contributed by atoms with van der Waals surface area (Å²) in [7, 11) is 1.51. The highest BCUT2D eigenvalue weighted by Gasteiger charge is 2.37. The highest BCUT2D eigenvalue weighted by molar-refractivity contribution is 6.00. The van der Waals surface area contributed by atoms with E-state index in [0.717, 1.165) is 0 Å². The lowest BCUT2D eigenvalue weighted by Crippen LogP contribution is -2.26. The van der Waals surface area contributed by atoms with E-state index in [9.17, 15) is 19.7 Å². The molecule has 31 heavy (non-hydrogen) atoms. The molecule has 0 saturated carbocycles. The number of amides is 1. The number of carbonyl (C=O) groups is 2. The Morgan fingerprint density at radius 1 is 1.32 bits per heavy atom. The highest BCUT2D eigenvalue weighted by atomic mass is 16.7. The Kier molecular flexibility index (Phi) is 5.72. The van der Waals surface area contributed by atoms with Gasteiger partial charge in [0.1, 0.15) is 18.1 Å². The van der Waals surface area contributed by atoms with Gasteiger partial charge in [0.2, 0.25) is 5.91 Å². The molecule has 0 unspecified atom stereocenters. The van der Waals surface area contributed by atoms with E-state index in [1.165, 1.54) is 24.1 Å². The van der Waals surface area contributed by atoms with Crippen LogP contribution in [0.3, 0.4) is 0 Å². The van der Waals surface area contributed by atoms with E-state index in [4.69, 9.17) is 18.9 Å². The van der Waals surface area contributed by atoms with Crippen molar-refractivity contribution in [1.29, 1.82) is 0 Å². The second-order valence-corrected chi connectivity index (χ2v) is 7.15. The topological polar surface area (TPSA) is 117 Å². The number of methoxy groups -OCH3 is 1. The monoisotopic (exact) mass is 428 g/mol. The number of benzene rings is 2. The van der Waals surface area contributed by atoms with E-state index < -0.39 is 16.8 Å². The van der Waals surface area contributed by atoms with Crippen LogP contribution in [-0.2, 0) is 32.3 Å². The summed E-state index contributed by atoms with van der Waals surface area (Å²) in [5, 5.41) is 11.2. The summed E-state index contributed by atoms with van der Waals surface area (Å²) in [5.41, 5.74) is 1.35. The van der Waals surface area contributed by atoms with Gasteiger partial charge in [-0.1, -0.05) is 12.1 Å². The molecule has 2 aliphatic heterocycles. The van der Waals surface area contributed by atoms with Crippen molar-refractivity contribution in [3.05, 3.63) is 57.6 Å². The number of esters is 1. The van der Waals surface area contributed by atoms with Crippen molar-refractivity contribution in [3.8, 4) is 11.5 Å². The van der Waals surface area contributed by atoms with Crippen LogP contribution >= 0.6 is 0 Å². The lowest BCUT2D eigenvalue weighted by Gasteiger charge is -2.21. The number of nitrogens with zero attached hydrogens (tertiary/aromatic N) is 2. The summed E-state index contributed by atoms with van der Waals surface area (Å²) in [6.07, 6.45) is 0.00820. The summed E-state index contributed by atoms with van der Waals surface area (Å²) in [6.45, 7) is 0.136. The van der Waals surface area contributed by atoms with E-state index in [1.54, 1.807) is 24.3 Å². The van der Waals surface area contributed by atoms with Crippen LogP contribution in [-0.4, -0.2) is 37.2 Å². The molecule has 1 atom stereocenters. The van der Waals surface area contributed by atoms with Crippen LogP contribution in [0.2, 0.25) is 0 Å². The van der Waals surface area contributed by atoms with Gasteiger partial charge in [0.05, 0.1) is 30.2 Å². The first-order valence-electron chi connectivity index (χ1n) is 9.58. The molecule has 2 aromatic rings. The zero-order valence-electron chi connectivity index (χ0n) is 16.7. The van der Waals surface area contributed by atoms with Crippen molar-refractivity contribution in [2.45, 2.75) is 19.6 Å². The molecule has 2 aliphatic rings. The van der Waals surface area contributed by atoms with Gasteiger partial charge in [-0.25, -0.2) is 0 Å². The van der Waals surface area contributed by atoms with Gasteiger partial charge in [-0.2, -0.15) is 0 Å². The molecule has 0 radical (unpaired) electrons. The lowest BCUT2D eigenvalue weighted by molar-refractivity contribution is -0.385. The smallest absolute Gasteiger partial charge is 0.311 e. The van der Waals surface area contributed by atoms with Crippen LogP contribution in [0.1, 0.15) is 17.5 Å². The predicted molar refractivity (Wildman–Crippen MR) is 107 cm³/mol. The summed E-state index contributed by atoms with van der Waals surface area (Å²) < 4.78 is 21.3. The van der Waals surface area contributed by atoms with E-state index >= 15 is 0 Å². The molecule has 4 rings (SSSR count). The fraction of sp³-hybridized carbons (Fsp3) is 0.333. The van der Waals surface area contributed by atoms with E-state index in [-0.39, 0.29) is 44.6 Å². The maximum atomic E-state index is 12.7. The SMILES string of the molecule is COc1ccccc1N1C[C@@H](C(=O)OCc2cc([N+](=O)[O-])cc3c2OCOC3)CC1=O. The molecular formula is C21H20N2O8. The maximum absolute atomic E-state index is 12.7. The highest BCUT2D eigenvalue weighted by Crippen LogP contribution is 2.35. The van der Waals surface area contributed by atoms with Crippen molar-refractivity contribution in [3.63, 3.8) is 0 Å². The number of hydrogen-bond acceptors (Lipinski definition) is 8. The lowest BCUT2D eigenvalue weighted by atomic mass is 10.1. The minimum atomic E-state index is -0.656. The van der Waals surface area contributed by atoms with Crippen molar-refractivity contribution < 1.29 is 33.5 Å². The number of fused-ring (bicyclic) bond motifs is 1. The van der Waals surface area contributed by atoms with Gasteiger partial charge in [0.25, 0.3) is 5.69 Å². The van der Waals surface area contributed by atoms with Crippen molar-refractivity contribution in [2.24, 2.45) is 5.92 Å². The average molecular weight is 428 g/mol. The Bertz CT molecular complexity index is 1040. The third-order valence-corrected chi connectivity index (χ3v) is 5.19. The summed E-state index contributed by atoms with van der Waals surface area (Å²) in [5.74, 6) is -0.468. The van der Waals surface area contributed by atoms with Crippen molar-refractivity contribution >= 4 is 23.3 Å². The van der Waals surface area contributed by atoms with Gasteiger partial charge in [0, 0.05) is 36.2 Å². The molecular weight excluding hydrogens is 408 g/mol. The number of para-hydroxylation sites is 2. The van der Waals surface area contributed by atoms with Crippen LogP contribution in [0.5, 0.6) is 11.5 Å². The van der Waals surface area contributed by atoms with Gasteiger partial charge < -0.3 is 23.8 Å². The minimum absolute atomic E-state index is 0.00820. The number of anilines is 1. The fourth-order valence-electron chi connectivity index (χ4n) is 3.71. The minimum Gasteiger partial charge on any atom is -0.495 e. The molecule has 1 fully saturated rings. The van der Waals surface area contributed by atoms with E-state index in [2.05, 4.69) is 0 Å². The van der Waals surface area contributed by atoms with Gasteiger partial charge in [0.15, 0.2) is 6.79 Å². The molecule has 2 aromatic carbocycles. The van der Waals surface area contributed by atoms with Crippen molar-refractivity contribution in [1.82, 2.24) is 0 Å².